The molecule has 0 saturated carbocycles. The van der Waals surface area contributed by atoms with E-state index in [0.717, 1.165) is 17.0 Å². The number of nitrogens with one attached hydrogen (secondary N) is 1. The number of sulfonamides is 1. The molecule has 1 amide bonds. The summed E-state index contributed by atoms with van der Waals surface area (Å²) in [5.74, 6) is -7.15. The van der Waals surface area contributed by atoms with E-state index in [1.165, 1.54) is 18.2 Å². The van der Waals surface area contributed by atoms with Gasteiger partial charge in [0.1, 0.15) is 29.6 Å². The third kappa shape index (κ3) is 4.93. The lowest BCUT2D eigenvalue weighted by Gasteiger charge is -2.33. The summed E-state index contributed by atoms with van der Waals surface area (Å²) >= 11 is 0. The molecule has 0 spiro atoms. The van der Waals surface area contributed by atoms with Crippen LogP contribution >= 0.6 is 0 Å². The highest BCUT2D eigenvalue weighted by Gasteiger charge is 2.57. The van der Waals surface area contributed by atoms with Gasteiger partial charge < -0.3 is 9.64 Å². The van der Waals surface area contributed by atoms with Crippen molar-refractivity contribution in [2.75, 3.05) is 19.4 Å². The Bertz CT molecular complexity index is 1200. The molecule has 2 heterocycles. The molecule has 2 aromatic carbocycles. The van der Waals surface area contributed by atoms with Crippen LogP contribution in [0.3, 0.4) is 0 Å². The number of benzene rings is 2. The molecule has 2 aliphatic rings. The summed E-state index contributed by atoms with van der Waals surface area (Å²) in [6.45, 7) is -0.781. The minimum absolute atomic E-state index is 0.102. The summed E-state index contributed by atoms with van der Waals surface area (Å²) < 4.78 is 103. The van der Waals surface area contributed by atoms with Crippen molar-refractivity contribution in [3.05, 3.63) is 59.4 Å². The van der Waals surface area contributed by atoms with Gasteiger partial charge in [-0.25, -0.2) is 35.1 Å². The Hall–Kier alpha value is -2.57. The standard InChI is InChI=1S/C22H21F5N2O4S/c1-34(31,32)28-20-17(29(11-22(20,26)27)21(30)18-5-6-33-18)9-12-3-2-4-16(19(12)25)13-7-14(23)10-15(24)8-13/h2-4,7-8,10,17-18,20,28H,5-6,9,11H2,1H3/t17-,18+,20+/m0/s1. The zero-order chi connectivity index (χ0) is 24.8. The summed E-state index contributed by atoms with van der Waals surface area (Å²) in [6.07, 6.45) is -0.369. The summed E-state index contributed by atoms with van der Waals surface area (Å²) in [6, 6.07) is 2.96. The van der Waals surface area contributed by atoms with Gasteiger partial charge in [-0.1, -0.05) is 18.2 Å². The molecule has 2 aromatic rings. The predicted octanol–water partition coefficient (Wildman–Crippen LogP) is 2.87. The number of hydrogen-bond acceptors (Lipinski definition) is 4. The van der Waals surface area contributed by atoms with Gasteiger partial charge >= 0.3 is 0 Å². The highest BCUT2D eigenvalue weighted by atomic mass is 32.2. The second kappa shape index (κ2) is 8.90. The molecule has 0 aliphatic carbocycles. The van der Waals surface area contributed by atoms with E-state index in [2.05, 4.69) is 0 Å². The van der Waals surface area contributed by atoms with Crippen molar-refractivity contribution in [3.8, 4) is 11.1 Å². The van der Waals surface area contributed by atoms with Crippen LogP contribution in [0.15, 0.2) is 36.4 Å². The molecule has 34 heavy (non-hydrogen) atoms. The summed E-state index contributed by atoms with van der Waals surface area (Å²) in [4.78, 5) is 13.6. The van der Waals surface area contributed by atoms with Crippen LogP contribution in [0.5, 0.6) is 0 Å². The summed E-state index contributed by atoms with van der Waals surface area (Å²) in [7, 11) is -4.11. The molecule has 1 N–H and O–H groups in total. The van der Waals surface area contributed by atoms with Crippen LogP contribution in [0.2, 0.25) is 0 Å². The summed E-state index contributed by atoms with van der Waals surface area (Å²) in [5.41, 5.74) is -0.402. The Kier molecular flexibility index (Phi) is 6.42. The van der Waals surface area contributed by atoms with Gasteiger partial charge in [-0.2, -0.15) is 0 Å². The van der Waals surface area contributed by atoms with E-state index in [-0.39, 0.29) is 23.3 Å². The molecule has 6 nitrogen and oxygen atoms in total. The van der Waals surface area contributed by atoms with Gasteiger partial charge in [0, 0.05) is 18.1 Å². The highest BCUT2D eigenvalue weighted by molar-refractivity contribution is 7.88. The van der Waals surface area contributed by atoms with E-state index in [1.807, 2.05) is 4.72 Å². The molecule has 12 heteroatoms. The van der Waals surface area contributed by atoms with Gasteiger partial charge in [0.2, 0.25) is 10.0 Å². The molecule has 3 atom stereocenters. The molecule has 2 aliphatic heterocycles. The topological polar surface area (TPSA) is 75.7 Å². The van der Waals surface area contributed by atoms with Gasteiger partial charge in [0.05, 0.1) is 25.4 Å². The number of halogens is 5. The maximum Gasteiger partial charge on any atom is 0.283 e. The fourth-order valence-electron chi connectivity index (χ4n) is 4.28. The average molecular weight is 504 g/mol. The van der Waals surface area contributed by atoms with Crippen molar-refractivity contribution < 1.29 is 39.9 Å². The van der Waals surface area contributed by atoms with Crippen molar-refractivity contribution >= 4 is 15.9 Å². The quantitative estimate of drug-likeness (QED) is 0.614. The molecule has 2 fully saturated rings. The van der Waals surface area contributed by atoms with E-state index in [0.29, 0.717) is 18.7 Å². The highest BCUT2D eigenvalue weighted by Crippen LogP contribution is 2.37. The van der Waals surface area contributed by atoms with Gasteiger partial charge in [0.15, 0.2) is 0 Å². The third-order valence-electron chi connectivity index (χ3n) is 5.90. The fraction of sp³-hybridized carbons (Fsp3) is 0.409. The lowest BCUT2D eigenvalue weighted by molar-refractivity contribution is -0.158. The van der Waals surface area contributed by atoms with Gasteiger partial charge in [-0.15, -0.1) is 0 Å². The van der Waals surface area contributed by atoms with Crippen LogP contribution in [0.25, 0.3) is 11.1 Å². The number of rotatable bonds is 6. The van der Waals surface area contributed by atoms with E-state index in [4.69, 9.17) is 4.74 Å². The van der Waals surface area contributed by atoms with Gasteiger partial charge in [-0.3, -0.25) is 4.79 Å². The minimum Gasteiger partial charge on any atom is -0.368 e. The Balaban J connectivity index is 1.73. The second-order valence-electron chi connectivity index (χ2n) is 8.45. The molecule has 0 unspecified atom stereocenters. The zero-order valence-electron chi connectivity index (χ0n) is 17.9. The number of hydrogen-bond donors (Lipinski definition) is 1. The molecular weight excluding hydrogens is 483 g/mol. The molecule has 184 valence electrons. The molecule has 0 radical (unpaired) electrons. The lowest BCUT2D eigenvalue weighted by Crippen LogP contribution is -2.54. The first kappa shape index (κ1) is 24.6. The maximum atomic E-state index is 15.4. The van der Waals surface area contributed by atoms with Crippen molar-refractivity contribution in [3.63, 3.8) is 0 Å². The minimum atomic E-state index is -4.11. The number of likely N-dealkylation sites (tertiary alicyclic amines) is 1. The van der Waals surface area contributed by atoms with Gasteiger partial charge in [0.25, 0.3) is 11.8 Å². The van der Waals surface area contributed by atoms with E-state index < -0.39 is 70.5 Å². The van der Waals surface area contributed by atoms with E-state index >= 15 is 4.39 Å². The van der Waals surface area contributed by atoms with Crippen molar-refractivity contribution in [2.45, 2.75) is 37.0 Å². The van der Waals surface area contributed by atoms with Crippen LogP contribution in [0.1, 0.15) is 12.0 Å². The summed E-state index contributed by atoms with van der Waals surface area (Å²) in [5, 5.41) is 0. The Labute approximate surface area is 192 Å². The Morgan fingerprint density at radius 1 is 1.18 bits per heavy atom. The normalized spacial score (nSPS) is 24.2. The SMILES string of the molecule is CS(=O)(=O)N[C@@H]1[C@H](Cc2cccc(-c3cc(F)cc(F)c3)c2F)N(C(=O)[C@H]2CCO2)CC1(F)F. The van der Waals surface area contributed by atoms with Crippen molar-refractivity contribution in [1.82, 2.24) is 9.62 Å². The van der Waals surface area contributed by atoms with Crippen LogP contribution in [-0.4, -0.2) is 62.7 Å². The monoisotopic (exact) mass is 504 g/mol. The fourth-order valence-corrected chi connectivity index (χ4v) is 5.07. The molecule has 4 rings (SSSR count). The van der Waals surface area contributed by atoms with Crippen LogP contribution < -0.4 is 4.72 Å². The van der Waals surface area contributed by atoms with Crippen molar-refractivity contribution in [1.29, 1.82) is 0 Å². The molecule has 2 saturated heterocycles. The van der Waals surface area contributed by atoms with E-state index in [9.17, 15) is 30.8 Å². The van der Waals surface area contributed by atoms with E-state index in [1.54, 1.807) is 0 Å². The number of carbonyl (C=O) groups excluding carboxylic acids is 1. The predicted molar refractivity (Wildman–Crippen MR) is 112 cm³/mol. The first-order chi connectivity index (χ1) is 15.9. The third-order valence-corrected chi connectivity index (χ3v) is 6.58. The maximum absolute atomic E-state index is 15.4. The van der Waals surface area contributed by atoms with Crippen molar-refractivity contribution in [2.24, 2.45) is 0 Å². The van der Waals surface area contributed by atoms with Gasteiger partial charge in [-0.05, 0) is 29.7 Å². The number of amides is 1. The smallest absolute Gasteiger partial charge is 0.283 e. The van der Waals surface area contributed by atoms with Crippen LogP contribution in [0.4, 0.5) is 22.0 Å². The number of nitrogens with zero attached hydrogens (tertiary/aromatic N) is 1. The number of alkyl halides is 2. The second-order valence-corrected chi connectivity index (χ2v) is 10.2. The van der Waals surface area contributed by atoms with Crippen LogP contribution in [-0.2, 0) is 26.0 Å². The molecule has 0 aromatic heterocycles. The average Bonchev–Trinajstić information content (AvgIpc) is 2.90. The first-order valence-corrected chi connectivity index (χ1v) is 12.3. The first-order valence-electron chi connectivity index (χ1n) is 10.4. The largest absolute Gasteiger partial charge is 0.368 e. The van der Waals surface area contributed by atoms with Crippen LogP contribution in [0, 0.1) is 17.5 Å². The Morgan fingerprint density at radius 2 is 1.82 bits per heavy atom. The molecular formula is C22H21F5N2O4S. The Morgan fingerprint density at radius 3 is 2.38 bits per heavy atom. The lowest BCUT2D eigenvalue weighted by atomic mass is 9.95. The number of ether oxygens (including phenoxy) is 1. The zero-order valence-corrected chi connectivity index (χ0v) is 18.7. The molecule has 0 bridgehead atoms. The number of carbonyl (C=O) groups is 1.